The molecule has 0 fully saturated rings. The summed E-state index contributed by atoms with van der Waals surface area (Å²) in [4.78, 5) is 12.0. The monoisotopic (exact) mass is 377 g/mol. The SMILES string of the molecule is COc1ccc(-c2cc(COC(=O)c3ccc(C(F)(F)F)cc3)no2)cc1. The normalized spacial score (nSPS) is 11.3. The van der Waals surface area contributed by atoms with Crippen LogP contribution in [0.5, 0.6) is 5.75 Å². The largest absolute Gasteiger partial charge is 0.497 e. The minimum Gasteiger partial charge on any atom is -0.497 e. The molecule has 0 radical (unpaired) electrons. The number of halogens is 3. The van der Waals surface area contributed by atoms with Crippen molar-refractivity contribution in [2.75, 3.05) is 7.11 Å². The molecule has 0 aliphatic rings. The summed E-state index contributed by atoms with van der Waals surface area (Å²) in [5, 5.41) is 3.81. The van der Waals surface area contributed by atoms with E-state index >= 15 is 0 Å². The summed E-state index contributed by atoms with van der Waals surface area (Å²) in [5.74, 6) is 0.430. The van der Waals surface area contributed by atoms with E-state index in [4.69, 9.17) is 14.0 Å². The Hall–Kier alpha value is -3.29. The topological polar surface area (TPSA) is 61.6 Å². The molecule has 0 atom stereocenters. The highest BCUT2D eigenvalue weighted by Gasteiger charge is 2.30. The van der Waals surface area contributed by atoms with Crippen molar-refractivity contribution in [3.8, 4) is 17.1 Å². The van der Waals surface area contributed by atoms with Crippen LogP contribution in [0.15, 0.2) is 59.1 Å². The molecule has 0 unspecified atom stereocenters. The fourth-order valence-corrected chi connectivity index (χ4v) is 2.29. The summed E-state index contributed by atoms with van der Waals surface area (Å²) >= 11 is 0. The average molecular weight is 377 g/mol. The standard InChI is InChI=1S/C19H14F3NO4/c1-25-16-8-4-12(5-9-16)17-10-15(23-27-17)11-26-18(24)13-2-6-14(7-3-13)19(20,21)22/h2-10H,11H2,1H3. The zero-order chi connectivity index (χ0) is 19.4. The third-order valence-electron chi connectivity index (χ3n) is 3.73. The van der Waals surface area contributed by atoms with Crippen molar-refractivity contribution >= 4 is 5.97 Å². The maximum atomic E-state index is 12.5. The van der Waals surface area contributed by atoms with Gasteiger partial charge in [0.15, 0.2) is 5.76 Å². The molecule has 5 nitrogen and oxygen atoms in total. The van der Waals surface area contributed by atoms with E-state index in [0.717, 1.165) is 29.8 Å². The van der Waals surface area contributed by atoms with Crippen LogP contribution in [0.25, 0.3) is 11.3 Å². The number of ether oxygens (including phenoxy) is 2. The Bertz CT molecular complexity index is 915. The van der Waals surface area contributed by atoms with Crippen LogP contribution in [0.2, 0.25) is 0 Å². The van der Waals surface area contributed by atoms with Crippen LogP contribution in [-0.4, -0.2) is 18.2 Å². The zero-order valence-corrected chi connectivity index (χ0v) is 14.1. The highest BCUT2D eigenvalue weighted by molar-refractivity contribution is 5.89. The van der Waals surface area contributed by atoms with Gasteiger partial charge in [-0.05, 0) is 48.5 Å². The maximum Gasteiger partial charge on any atom is 0.416 e. The van der Waals surface area contributed by atoms with E-state index in [2.05, 4.69) is 5.16 Å². The van der Waals surface area contributed by atoms with Gasteiger partial charge in [-0.2, -0.15) is 13.2 Å². The van der Waals surface area contributed by atoms with Crippen molar-refractivity contribution in [3.05, 3.63) is 71.4 Å². The Labute approximate surface area is 152 Å². The molecule has 1 heterocycles. The molecule has 140 valence electrons. The fourth-order valence-electron chi connectivity index (χ4n) is 2.29. The molecule has 3 rings (SSSR count). The van der Waals surface area contributed by atoms with Gasteiger partial charge < -0.3 is 14.0 Å². The van der Waals surface area contributed by atoms with Crippen molar-refractivity contribution in [1.29, 1.82) is 0 Å². The van der Waals surface area contributed by atoms with Gasteiger partial charge in [-0.15, -0.1) is 0 Å². The number of esters is 1. The second-order valence-corrected chi connectivity index (χ2v) is 5.56. The van der Waals surface area contributed by atoms with Crippen molar-refractivity contribution < 1.29 is 32.0 Å². The van der Waals surface area contributed by atoms with Crippen molar-refractivity contribution in [2.24, 2.45) is 0 Å². The Morgan fingerprint density at radius 1 is 1.07 bits per heavy atom. The highest BCUT2D eigenvalue weighted by Crippen LogP contribution is 2.29. The molecular weight excluding hydrogens is 363 g/mol. The zero-order valence-electron chi connectivity index (χ0n) is 14.1. The quantitative estimate of drug-likeness (QED) is 0.602. The van der Waals surface area contributed by atoms with Gasteiger partial charge in [-0.1, -0.05) is 5.16 Å². The molecular formula is C19H14F3NO4. The molecule has 0 N–H and O–H groups in total. The van der Waals surface area contributed by atoms with Crippen LogP contribution in [0.1, 0.15) is 21.6 Å². The van der Waals surface area contributed by atoms with Crippen LogP contribution in [0.3, 0.4) is 0 Å². The van der Waals surface area contributed by atoms with Gasteiger partial charge in [-0.3, -0.25) is 0 Å². The minimum atomic E-state index is -4.46. The van der Waals surface area contributed by atoms with Gasteiger partial charge >= 0.3 is 12.1 Å². The number of carbonyl (C=O) groups excluding carboxylic acids is 1. The Morgan fingerprint density at radius 2 is 1.74 bits per heavy atom. The smallest absolute Gasteiger partial charge is 0.416 e. The van der Waals surface area contributed by atoms with Gasteiger partial charge in [-0.25, -0.2) is 4.79 Å². The number of rotatable bonds is 5. The number of alkyl halides is 3. The number of carbonyl (C=O) groups is 1. The third kappa shape index (κ3) is 4.46. The average Bonchev–Trinajstić information content (AvgIpc) is 3.14. The summed E-state index contributed by atoms with van der Waals surface area (Å²) in [6.07, 6.45) is -4.46. The van der Waals surface area contributed by atoms with E-state index in [1.54, 1.807) is 37.4 Å². The number of aromatic nitrogens is 1. The van der Waals surface area contributed by atoms with Gasteiger partial charge in [0, 0.05) is 11.6 Å². The number of hydrogen-bond acceptors (Lipinski definition) is 5. The first-order valence-corrected chi connectivity index (χ1v) is 7.81. The first-order chi connectivity index (χ1) is 12.9. The van der Waals surface area contributed by atoms with Gasteiger partial charge in [0.1, 0.15) is 18.1 Å². The molecule has 0 saturated carbocycles. The number of hydrogen-bond donors (Lipinski definition) is 0. The molecule has 0 aliphatic heterocycles. The van der Waals surface area contributed by atoms with E-state index in [1.165, 1.54) is 0 Å². The molecule has 0 amide bonds. The van der Waals surface area contributed by atoms with E-state index in [0.29, 0.717) is 17.2 Å². The number of benzene rings is 2. The summed E-state index contributed by atoms with van der Waals surface area (Å²) in [6.45, 7) is -0.167. The molecule has 0 aliphatic carbocycles. The molecule has 27 heavy (non-hydrogen) atoms. The van der Waals surface area contributed by atoms with Crippen molar-refractivity contribution in [3.63, 3.8) is 0 Å². The molecule has 0 bridgehead atoms. The third-order valence-corrected chi connectivity index (χ3v) is 3.73. The lowest BCUT2D eigenvalue weighted by atomic mass is 10.1. The molecule has 8 heteroatoms. The Morgan fingerprint density at radius 3 is 2.33 bits per heavy atom. The van der Waals surface area contributed by atoms with E-state index < -0.39 is 17.7 Å². The van der Waals surface area contributed by atoms with E-state index in [-0.39, 0.29) is 12.2 Å². The number of methoxy groups -OCH3 is 1. The summed E-state index contributed by atoms with van der Waals surface area (Å²) < 4.78 is 52.9. The van der Waals surface area contributed by atoms with Crippen LogP contribution in [0, 0.1) is 0 Å². The predicted octanol–water partition coefficient (Wildman–Crippen LogP) is 4.73. The Kier molecular flexibility index (Phi) is 5.16. The molecule has 0 saturated heterocycles. The van der Waals surface area contributed by atoms with E-state index in [9.17, 15) is 18.0 Å². The van der Waals surface area contributed by atoms with Crippen LogP contribution in [0.4, 0.5) is 13.2 Å². The summed E-state index contributed by atoms with van der Waals surface area (Å²) in [5.41, 5.74) is 0.325. The lowest BCUT2D eigenvalue weighted by Crippen LogP contribution is -2.08. The molecule has 1 aromatic heterocycles. The summed E-state index contributed by atoms with van der Waals surface area (Å²) in [6, 6.07) is 12.5. The molecule has 0 spiro atoms. The van der Waals surface area contributed by atoms with Crippen LogP contribution in [-0.2, 0) is 17.5 Å². The highest BCUT2D eigenvalue weighted by atomic mass is 19.4. The number of nitrogens with zero attached hydrogens (tertiary/aromatic N) is 1. The second-order valence-electron chi connectivity index (χ2n) is 5.56. The lowest BCUT2D eigenvalue weighted by molar-refractivity contribution is -0.137. The predicted molar refractivity (Wildman–Crippen MR) is 89.1 cm³/mol. The van der Waals surface area contributed by atoms with Gasteiger partial charge in [0.2, 0.25) is 0 Å². The van der Waals surface area contributed by atoms with Crippen LogP contribution >= 0.6 is 0 Å². The van der Waals surface area contributed by atoms with Gasteiger partial charge in [0.25, 0.3) is 0 Å². The fraction of sp³-hybridized carbons (Fsp3) is 0.158. The van der Waals surface area contributed by atoms with Crippen molar-refractivity contribution in [1.82, 2.24) is 5.16 Å². The lowest BCUT2D eigenvalue weighted by Gasteiger charge is -2.07. The second kappa shape index (κ2) is 7.53. The first-order valence-electron chi connectivity index (χ1n) is 7.81. The maximum absolute atomic E-state index is 12.5. The first kappa shape index (κ1) is 18.5. The van der Waals surface area contributed by atoms with E-state index in [1.807, 2.05) is 0 Å². The van der Waals surface area contributed by atoms with Gasteiger partial charge in [0.05, 0.1) is 18.2 Å². The minimum absolute atomic E-state index is 0.0156. The molecule has 2 aromatic carbocycles. The molecule has 3 aromatic rings. The van der Waals surface area contributed by atoms with Crippen LogP contribution < -0.4 is 4.74 Å². The van der Waals surface area contributed by atoms with Crippen molar-refractivity contribution in [2.45, 2.75) is 12.8 Å². The Balaban J connectivity index is 1.61. The summed E-state index contributed by atoms with van der Waals surface area (Å²) in [7, 11) is 1.56.